The van der Waals surface area contributed by atoms with E-state index in [1.807, 2.05) is 48.5 Å². The second-order valence-electron chi connectivity index (χ2n) is 14.1. The summed E-state index contributed by atoms with van der Waals surface area (Å²) in [7, 11) is 0. The molecule has 0 atom stereocenters. The van der Waals surface area contributed by atoms with E-state index in [1.165, 1.54) is 0 Å². The number of para-hydroxylation sites is 6. The molecule has 7 heteroatoms. The van der Waals surface area contributed by atoms with Crippen molar-refractivity contribution in [1.82, 2.24) is 0 Å². The molecular weight excluding hydrogens is 764 g/mol. The van der Waals surface area contributed by atoms with E-state index in [2.05, 4.69) is 123 Å². The summed E-state index contributed by atoms with van der Waals surface area (Å²) in [4.78, 5) is 8.51. The van der Waals surface area contributed by atoms with Gasteiger partial charge in [-0.25, -0.2) is 0 Å². The summed E-state index contributed by atoms with van der Waals surface area (Å²) in [5.41, 5.74) is 9.56. The molecule has 0 amide bonds. The molecule has 5 aromatic rings. The molecule has 0 unspecified atom stereocenters. The maximum Gasteiger partial charge on any atom is 2.00 e. The van der Waals surface area contributed by atoms with Crippen LogP contribution in [-0.4, -0.2) is 10.2 Å². The van der Waals surface area contributed by atoms with E-state index >= 15 is 0 Å². The molecule has 0 saturated heterocycles. The van der Waals surface area contributed by atoms with Gasteiger partial charge in [-0.1, -0.05) is 90.1 Å². The zero-order valence-corrected chi connectivity index (χ0v) is 29.8. The number of hydrogen-bond acceptors (Lipinski definition) is 6. The summed E-state index contributed by atoms with van der Waals surface area (Å²) in [6.45, 7) is 17.2. The van der Waals surface area contributed by atoms with E-state index in [0.717, 1.165) is 56.6 Å². The Bertz CT molecular complexity index is 1800. The minimum absolute atomic E-state index is 0. The first kappa shape index (κ1) is 32.5. The average Bonchev–Trinajstić information content (AvgIpc) is 3.60. The van der Waals surface area contributed by atoms with E-state index in [1.54, 1.807) is 12.1 Å². The molecule has 2 aliphatic heterocycles. The van der Waals surface area contributed by atoms with Crippen LogP contribution in [0.4, 0.5) is 45.5 Å². The predicted molar refractivity (Wildman–Crippen MR) is 190 cm³/mol. The van der Waals surface area contributed by atoms with Gasteiger partial charge in [0.05, 0.1) is 11.4 Å². The molecule has 0 aromatic heterocycles. The van der Waals surface area contributed by atoms with Crippen LogP contribution in [0.15, 0.2) is 109 Å². The van der Waals surface area contributed by atoms with Gasteiger partial charge < -0.3 is 29.8 Å². The van der Waals surface area contributed by atoms with Crippen molar-refractivity contribution in [3.63, 3.8) is 0 Å². The van der Waals surface area contributed by atoms with Crippen molar-refractivity contribution in [2.45, 2.75) is 52.4 Å². The largest absolute Gasteiger partial charge is 2.00 e. The molecule has 2 N–H and O–H groups in total. The molecule has 0 saturated carbocycles. The maximum absolute atomic E-state index is 11.1. The van der Waals surface area contributed by atoms with Gasteiger partial charge in [-0.3, -0.25) is 0 Å². The molecule has 7 rings (SSSR count). The second kappa shape index (κ2) is 12.0. The van der Waals surface area contributed by atoms with Crippen LogP contribution in [0.25, 0.3) is 0 Å². The molecule has 2 heterocycles. The number of phenols is 2. The summed E-state index contributed by atoms with van der Waals surface area (Å²) in [6.07, 6.45) is 0. The minimum Gasteiger partial charge on any atom is -0.506 e. The summed E-state index contributed by atoms with van der Waals surface area (Å²) >= 11 is 0. The number of nitrogens with zero attached hydrogens (tertiary/aromatic N) is 4. The van der Waals surface area contributed by atoms with Crippen LogP contribution in [0.2, 0.25) is 0 Å². The molecule has 5 aromatic carbocycles. The fourth-order valence-electron chi connectivity index (χ4n) is 6.23. The number of benzene rings is 5. The molecule has 0 spiro atoms. The maximum atomic E-state index is 11.1. The molecule has 0 bridgehead atoms. The molecule has 0 aliphatic carbocycles. The normalized spacial score (nSPS) is 14.3. The summed E-state index contributed by atoms with van der Waals surface area (Å²) in [5, 5.41) is 22.2. The van der Waals surface area contributed by atoms with Gasteiger partial charge in [0, 0.05) is 34.1 Å². The molecule has 47 heavy (non-hydrogen) atoms. The molecule has 242 valence electrons. The number of hydrogen-bond donors (Lipinski definition) is 2. The van der Waals surface area contributed by atoms with E-state index in [0.29, 0.717) is 0 Å². The average molecular weight is 804 g/mol. The van der Waals surface area contributed by atoms with E-state index in [-0.39, 0.29) is 43.4 Å². The third-order valence-corrected chi connectivity index (χ3v) is 8.87. The van der Waals surface area contributed by atoms with Crippen molar-refractivity contribution in [1.29, 1.82) is 0 Å². The molecule has 0 fully saturated rings. The number of rotatable bonds is 4. The van der Waals surface area contributed by atoms with E-state index in [9.17, 15) is 10.2 Å². The van der Waals surface area contributed by atoms with E-state index in [4.69, 9.17) is 0 Å². The Morgan fingerprint density at radius 2 is 0.660 bits per heavy atom. The van der Waals surface area contributed by atoms with E-state index < -0.39 is 0 Å². The van der Waals surface area contributed by atoms with Crippen LogP contribution in [-0.2, 0) is 31.9 Å². The Labute approximate surface area is 292 Å². The summed E-state index contributed by atoms with van der Waals surface area (Å²) < 4.78 is 0. The first-order chi connectivity index (χ1) is 21.9. The first-order valence-corrected chi connectivity index (χ1v) is 15.7. The van der Waals surface area contributed by atoms with Crippen molar-refractivity contribution in [2.75, 3.05) is 19.6 Å². The molecule has 0 radical (unpaired) electrons. The Morgan fingerprint density at radius 1 is 0.404 bits per heavy atom. The van der Waals surface area contributed by atoms with Crippen molar-refractivity contribution >= 4 is 45.5 Å². The fraction of sp³-hybridized carbons (Fsp3) is 0.200. The first-order valence-electron chi connectivity index (χ1n) is 15.7. The fourth-order valence-corrected chi connectivity index (χ4v) is 6.23. The van der Waals surface area contributed by atoms with Gasteiger partial charge in [0.15, 0.2) is 0 Å². The zero-order valence-electron chi connectivity index (χ0n) is 27.5. The van der Waals surface area contributed by atoms with Crippen molar-refractivity contribution in [3.8, 4) is 11.5 Å². The number of anilines is 8. The molecular formula is C40H40N4O2Pt. The van der Waals surface area contributed by atoms with Crippen LogP contribution in [0.3, 0.4) is 0 Å². The van der Waals surface area contributed by atoms with Crippen molar-refractivity contribution < 1.29 is 31.3 Å². The molecule has 2 aliphatic rings. The van der Waals surface area contributed by atoms with Crippen LogP contribution in [0, 0.1) is 13.3 Å². The minimum atomic E-state index is -0.0698. The number of phenolic OH excluding ortho intramolecular Hbond substituents is 2. The molecule has 6 nitrogen and oxygen atoms in total. The Kier molecular flexibility index (Phi) is 8.30. The van der Waals surface area contributed by atoms with Gasteiger partial charge in [-0.05, 0) is 82.6 Å². The number of fused-ring (bicyclic) bond motifs is 2. The summed E-state index contributed by atoms with van der Waals surface area (Å²) in [5.74, 6) is 0.452. The summed E-state index contributed by atoms with van der Waals surface area (Å²) in [6, 6.07) is 36.6. The van der Waals surface area contributed by atoms with Gasteiger partial charge in [0.1, 0.15) is 11.5 Å². The Morgan fingerprint density at radius 3 is 0.915 bits per heavy atom. The Balaban J connectivity index is 0.00000386. The van der Waals surface area contributed by atoms with Gasteiger partial charge in [0.25, 0.3) is 0 Å². The zero-order chi connectivity index (χ0) is 32.4. The van der Waals surface area contributed by atoms with Crippen molar-refractivity contribution in [3.05, 3.63) is 134 Å². The quantitative estimate of drug-likeness (QED) is 0.177. The third kappa shape index (κ3) is 5.74. The van der Waals surface area contributed by atoms with Crippen LogP contribution < -0.4 is 19.6 Å². The second-order valence-corrected chi connectivity index (χ2v) is 14.1. The van der Waals surface area contributed by atoms with Gasteiger partial charge in [-0.15, -0.1) is 13.3 Å². The topological polar surface area (TPSA) is 53.4 Å². The standard InChI is InChI=1S/C40H40N4O2.Pt/c1-39(2,3)27-19-21-37(45)35(23-27)43-25-41(31-15-9-11-17-33(31)43)29-13-7-8-14-30(29)42-26-44(34-18-12-10-16-32(34)42)36-24-28(40(4,5)6)20-22-38(36)46;/h7-26,45-46H,1-6H3;/q-2;+2. The Hall–Kier alpha value is -4.41. The smallest absolute Gasteiger partial charge is 0.506 e. The van der Waals surface area contributed by atoms with Gasteiger partial charge in [-0.2, -0.15) is 0 Å². The van der Waals surface area contributed by atoms with Crippen LogP contribution in [0.1, 0.15) is 52.7 Å². The third-order valence-electron chi connectivity index (χ3n) is 8.87. The van der Waals surface area contributed by atoms with Crippen LogP contribution in [0.5, 0.6) is 11.5 Å². The van der Waals surface area contributed by atoms with Gasteiger partial charge in [0.2, 0.25) is 0 Å². The van der Waals surface area contributed by atoms with Crippen LogP contribution >= 0.6 is 0 Å². The van der Waals surface area contributed by atoms with Crippen molar-refractivity contribution in [2.24, 2.45) is 0 Å². The van der Waals surface area contributed by atoms with Gasteiger partial charge >= 0.3 is 21.1 Å². The monoisotopic (exact) mass is 803 g/mol. The predicted octanol–water partition coefficient (Wildman–Crippen LogP) is 10.5. The number of aromatic hydroxyl groups is 2. The SMILES string of the molecule is CC(C)(C)c1ccc(O)c(N2[CH-]N(c3ccccc3N3[CH-]N(c4cc(C(C)(C)C)ccc4O)c4ccccc43)c3ccccc32)c1.[Pt+2].